The van der Waals surface area contributed by atoms with Crippen molar-refractivity contribution in [1.82, 2.24) is 5.06 Å². The highest BCUT2D eigenvalue weighted by molar-refractivity contribution is 5.74. The van der Waals surface area contributed by atoms with Crippen LogP contribution in [0.1, 0.15) is 6.42 Å². The van der Waals surface area contributed by atoms with Crippen LogP contribution in [0, 0.1) is 7.11 Å². The lowest BCUT2D eigenvalue weighted by Crippen LogP contribution is -2.25. The fraction of sp³-hybridized carbons (Fsp3) is 0.667. The van der Waals surface area contributed by atoms with Gasteiger partial charge in [-0.3, -0.25) is 9.63 Å². The minimum Gasteiger partial charge on any atom is -0.379 e. The van der Waals surface area contributed by atoms with Gasteiger partial charge in [0.2, 0.25) is 5.91 Å². The van der Waals surface area contributed by atoms with Crippen LogP contribution in [0.5, 0.6) is 0 Å². The summed E-state index contributed by atoms with van der Waals surface area (Å²) in [5, 5.41) is 1.15. The number of hydrogen-bond donors (Lipinski definition) is 0. The lowest BCUT2D eigenvalue weighted by molar-refractivity contribution is -0.169. The monoisotopic (exact) mass is 146 g/mol. The van der Waals surface area contributed by atoms with Crippen molar-refractivity contribution in [2.75, 3.05) is 20.8 Å². The Morgan fingerprint density at radius 1 is 1.70 bits per heavy atom. The number of carbonyl (C=O) groups excluding carboxylic acids is 1. The van der Waals surface area contributed by atoms with Gasteiger partial charge in [0, 0.05) is 7.05 Å². The Morgan fingerprint density at radius 2 is 2.30 bits per heavy atom. The quantitative estimate of drug-likeness (QED) is 0.532. The van der Waals surface area contributed by atoms with E-state index in [1.165, 1.54) is 7.11 Å². The van der Waals surface area contributed by atoms with E-state index in [9.17, 15) is 4.79 Å². The van der Waals surface area contributed by atoms with Crippen molar-refractivity contribution in [1.29, 1.82) is 0 Å². The minimum atomic E-state index is -0.119. The molecule has 0 unspecified atom stereocenters. The molecule has 59 valence electrons. The highest BCUT2D eigenvalue weighted by Crippen LogP contribution is 1.90. The second kappa shape index (κ2) is 5.20. The lowest BCUT2D eigenvalue weighted by Gasteiger charge is -2.12. The van der Waals surface area contributed by atoms with Crippen molar-refractivity contribution in [3.63, 3.8) is 0 Å². The van der Waals surface area contributed by atoms with Crippen LogP contribution in [0.2, 0.25) is 0 Å². The van der Waals surface area contributed by atoms with Gasteiger partial charge in [-0.1, -0.05) is 0 Å². The van der Waals surface area contributed by atoms with E-state index in [0.717, 1.165) is 5.06 Å². The van der Waals surface area contributed by atoms with Crippen molar-refractivity contribution in [3.8, 4) is 0 Å². The maximum Gasteiger partial charge on any atom is 0.248 e. The molecule has 0 aromatic rings. The Hall–Kier alpha value is -0.610. The number of amides is 1. The molecule has 0 saturated carbocycles. The molecule has 0 spiro atoms. The molecule has 0 aliphatic rings. The molecule has 1 radical (unpaired) electrons. The van der Waals surface area contributed by atoms with Crippen molar-refractivity contribution >= 4 is 5.91 Å². The Bertz CT molecular complexity index is 105. The molecule has 4 heteroatoms. The van der Waals surface area contributed by atoms with Gasteiger partial charge in [0.25, 0.3) is 0 Å². The first kappa shape index (κ1) is 9.39. The van der Waals surface area contributed by atoms with Crippen LogP contribution >= 0.6 is 0 Å². The zero-order chi connectivity index (χ0) is 7.98. The first-order valence-corrected chi connectivity index (χ1v) is 2.90. The fourth-order valence-corrected chi connectivity index (χ4v) is 0.419. The second-order valence-corrected chi connectivity index (χ2v) is 1.73. The predicted octanol–water partition coefficient (Wildman–Crippen LogP) is 0.204. The summed E-state index contributed by atoms with van der Waals surface area (Å²) < 4.78 is 4.45. The summed E-state index contributed by atoms with van der Waals surface area (Å²) in [5.74, 6) is -0.119. The summed E-state index contributed by atoms with van der Waals surface area (Å²) in [6.07, 6.45) is 0.299. The van der Waals surface area contributed by atoms with Crippen LogP contribution in [-0.2, 0) is 14.4 Å². The summed E-state index contributed by atoms with van der Waals surface area (Å²) in [4.78, 5) is 15.4. The largest absolute Gasteiger partial charge is 0.379 e. The second-order valence-electron chi connectivity index (χ2n) is 1.73. The molecule has 0 N–H and O–H groups in total. The SMILES string of the molecule is [CH2]OCCC(=O)N(C)OC. The van der Waals surface area contributed by atoms with Crippen LogP contribution in [0.4, 0.5) is 0 Å². The Morgan fingerprint density at radius 3 is 2.70 bits per heavy atom. The normalized spacial score (nSPS) is 9.50. The van der Waals surface area contributed by atoms with E-state index in [0.29, 0.717) is 13.0 Å². The molecule has 0 rings (SSSR count). The van der Waals surface area contributed by atoms with E-state index in [4.69, 9.17) is 0 Å². The zero-order valence-corrected chi connectivity index (χ0v) is 6.29. The molecule has 0 aromatic carbocycles. The molecule has 4 nitrogen and oxygen atoms in total. The molecule has 0 aliphatic heterocycles. The zero-order valence-electron chi connectivity index (χ0n) is 6.29. The van der Waals surface area contributed by atoms with Gasteiger partial charge in [0.15, 0.2) is 0 Å². The average molecular weight is 146 g/mol. The first-order valence-electron chi connectivity index (χ1n) is 2.90. The van der Waals surface area contributed by atoms with Crippen molar-refractivity contribution in [2.45, 2.75) is 6.42 Å². The summed E-state index contributed by atoms with van der Waals surface area (Å²) in [7, 11) is 6.11. The molecule has 0 saturated heterocycles. The minimum absolute atomic E-state index is 0.119. The van der Waals surface area contributed by atoms with Gasteiger partial charge in [-0.2, -0.15) is 0 Å². The number of hydroxylamine groups is 2. The highest BCUT2D eigenvalue weighted by atomic mass is 16.7. The van der Waals surface area contributed by atoms with Gasteiger partial charge in [0.1, 0.15) is 0 Å². The first-order chi connectivity index (χ1) is 4.72. The number of nitrogens with zero attached hydrogens (tertiary/aromatic N) is 1. The van der Waals surface area contributed by atoms with Crippen molar-refractivity contribution in [3.05, 3.63) is 7.11 Å². The molecule has 0 heterocycles. The highest BCUT2D eigenvalue weighted by Gasteiger charge is 2.05. The van der Waals surface area contributed by atoms with E-state index in [1.54, 1.807) is 7.05 Å². The summed E-state index contributed by atoms with van der Waals surface area (Å²) in [5.41, 5.74) is 0. The summed E-state index contributed by atoms with van der Waals surface area (Å²) >= 11 is 0. The third-order valence-electron chi connectivity index (χ3n) is 1.09. The van der Waals surface area contributed by atoms with Crippen molar-refractivity contribution in [2.24, 2.45) is 0 Å². The maximum absolute atomic E-state index is 10.8. The third kappa shape index (κ3) is 3.42. The van der Waals surface area contributed by atoms with Gasteiger partial charge < -0.3 is 4.74 Å². The number of ether oxygens (including phenoxy) is 1. The average Bonchev–Trinajstić information content (AvgIpc) is 1.98. The molecule has 0 atom stereocenters. The Balaban J connectivity index is 3.42. The maximum atomic E-state index is 10.8. The van der Waals surface area contributed by atoms with Crippen LogP contribution < -0.4 is 0 Å². The number of rotatable bonds is 4. The summed E-state index contributed by atoms with van der Waals surface area (Å²) in [6, 6.07) is 0. The van der Waals surface area contributed by atoms with Gasteiger partial charge in [-0.25, -0.2) is 5.06 Å². The van der Waals surface area contributed by atoms with Crippen LogP contribution in [0.15, 0.2) is 0 Å². The molecule has 1 amide bonds. The molecule has 0 aliphatic carbocycles. The fourth-order valence-electron chi connectivity index (χ4n) is 0.419. The van der Waals surface area contributed by atoms with Gasteiger partial charge >= 0.3 is 0 Å². The van der Waals surface area contributed by atoms with Gasteiger partial charge in [0.05, 0.1) is 27.2 Å². The van der Waals surface area contributed by atoms with Gasteiger partial charge in [-0.15, -0.1) is 0 Å². The smallest absolute Gasteiger partial charge is 0.248 e. The standard InChI is InChI=1S/C6H12NO3/c1-7(10-3)6(8)4-5-9-2/h2,4-5H2,1,3H3. The van der Waals surface area contributed by atoms with E-state index < -0.39 is 0 Å². The van der Waals surface area contributed by atoms with Crippen molar-refractivity contribution < 1.29 is 14.4 Å². The Labute approximate surface area is 60.7 Å². The van der Waals surface area contributed by atoms with Crippen LogP contribution in [0.3, 0.4) is 0 Å². The number of carbonyl (C=O) groups is 1. The van der Waals surface area contributed by atoms with Crippen LogP contribution in [0.25, 0.3) is 0 Å². The summed E-state index contributed by atoms with van der Waals surface area (Å²) in [6.45, 7) is 0.326. The van der Waals surface area contributed by atoms with E-state index >= 15 is 0 Å². The number of hydrogen-bond acceptors (Lipinski definition) is 3. The Kier molecular flexibility index (Phi) is 4.88. The molecule has 10 heavy (non-hydrogen) atoms. The van der Waals surface area contributed by atoms with Crippen LogP contribution in [-0.4, -0.2) is 31.7 Å². The van der Waals surface area contributed by atoms with E-state index in [1.807, 2.05) is 0 Å². The predicted molar refractivity (Wildman–Crippen MR) is 35.7 cm³/mol. The topological polar surface area (TPSA) is 38.8 Å². The molecular formula is C6H12NO3. The third-order valence-corrected chi connectivity index (χ3v) is 1.09. The van der Waals surface area contributed by atoms with Gasteiger partial charge in [-0.05, 0) is 0 Å². The molecule has 0 fully saturated rings. The molecular weight excluding hydrogens is 134 g/mol. The molecule has 0 aromatic heterocycles. The molecule has 0 bridgehead atoms. The lowest BCUT2D eigenvalue weighted by atomic mass is 10.4. The van der Waals surface area contributed by atoms with E-state index in [2.05, 4.69) is 16.7 Å². The van der Waals surface area contributed by atoms with E-state index in [-0.39, 0.29) is 5.91 Å².